The normalized spacial score (nSPS) is 25.5. The lowest BCUT2D eigenvalue weighted by molar-refractivity contribution is 0.0995. The lowest BCUT2D eigenvalue weighted by atomic mass is 9.79. The SMILES string of the molecule is CN(OC(=O)N1C[C@H]2CC(C(C)(C)C)C[C@H]2C1)c1ncnc2[nH]ccc12. The Balaban J connectivity index is 1.39. The van der Waals surface area contributed by atoms with Gasteiger partial charge >= 0.3 is 6.09 Å². The molecule has 1 N–H and O–H groups in total. The molecule has 2 aliphatic rings. The van der Waals surface area contributed by atoms with E-state index >= 15 is 0 Å². The van der Waals surface area contributed by atoms with Crippen molar-refractivity contribution in [3.05, 3.63) is 18.6 Å². The van der Waals surface area contributed by atoms with Gasteiger partial charge in [0.25, 0.3) is 0 Å². The molecular formula is C19H27N5O2. The van der Waals surface area contributed by atoms with Gasteiger partial charge in [-0.05, 0) is 42.1 Å². The minimum absolute atomic E-state index is 0.295. The van der Waals surface area contributed by atoms with Crippen molar-refractivity contribution < 1.29 is 9.63 Å². The molecule has 1 saturated heterocycles. The van der Waals surface area contributed by atoms with Crippen LogP contribution in [0.15, 0.2) is 18.6 Å². The summed E-state index contributed by atoms with van der Waals surface area (Å²) in [6.07, 6.45) is 5.39. The number of H-pyrrole nitrogens is 1. The molecule has 1 aliphatic carbocycles. The Hall–Kier alpha value is -2.31. The zero-order valence-corrected chi connectivity index (χ0v) is 15.9. The number of aromatic nitrogens is 3. The molecule has 0 radical (unpaired) electrons. The van der Waals surface area contributed by atoms with Crippen molar-refractivity contribution in [3.63, 3.8) is 0 Å². The molecule has 3 atom stereocenters. The number of fused-ring (bicyclic) bond motifs is 2. The Labute approximate surface area is 153 Å². The fourth-order valence-corrected chi connectivity index (χ4v) is 4.48. The number of amides is 1. The van der Waals surface area contributed by atoms with Crippen LogP contribution in [-0.2, 0) is 4.84 Å². The number of likely N-dealkylation sites (tertiary alicyclic amines) is 1. The molecule has 1 amide bonds. The van der Waals surface area contributed by atoms with Crippen LogP contribution in [0.3, 0.4) is 0 Å². The van der Waals surface area contributed by atoms with Gasteiger partial charge in [0.05, 0.1) is 5.39 Å². The van der Waals surface area contributed by atoms with E-state index in [9.17, 15) is 4.79 Å². The molecule has 2 aromatic rings. The molecule has 0 bridgehead atoms. The average molecular weight is 357 g/mol. The maximum absolute atomic E-state index is 12.6. The van der Waals surface area contributed by atoms with Crippen molar-refractivity contribution >= 4 is 22.9 Å². The average Bonchev–Trinajstić information content (AvgIpc) is 3.27. The number of carbonyl (C=O) groups is 1. The molecule has 1 aliphatic heterocycles. The molecule has 1 saturated carbocycles. The van der Waals surface area contributed by atoms with Crippen LogP contribution in [0.25, 0.3) is 11.0 Å². The number of hydroxylamine groups is 1. The molecule has 0 spiro atoms. The summed E-state index contributed by atoms with van der Waals surface area (Å²) < 4.78 is 0. The Bertz CT molecular complexity index is 798. The zero-order valence-electron chi connectivity index (χ0n) is 15.9. The second kappa shape index (κ2) is 6.14. The summed E-state index contributed by atoms with van der Waals surface area (Å²) in [5.41, 5.74) is 1.08. The molecule has 1 unspecified atom stereocenters. The standard InChI is InChI=1S/C19H27N5O2/c1-19(2,3)14-7-12-9-24(10-13(12)8-14)18(25)26-23(4)17-15-5-6-20-16(15)21-11-22-17/h5-6,11-14H,7-10H2,1-4H3,(H,20,21,22)/t12-,13+,14?. The molecule has 140 valence electrons. The van der Waals surface area contributed by atoms with Crippen LogP contribution in [-0.4, -0.2) is 46.1 Å². The predicted octanol–water partition coefficient (Wildman–Crippen LogP) is 3.45. The third-order valence-corrected chi connectivity index (χ3v) is 6.08. The Morgan fingerprint density at radius 1 is 1.27 bits per heavy atom. The van der Waals surface area contributed by atoms with Gasteiger partial charge in [-0.15, -0.1) is 0 Å². The van der Waals surface area contributed by atoms with E-state index in [0.29, 0.717) is 23.1 Å². The first-order valence-corrected chi connectivity index (χ1v) is 9.31. The number of aromatic amines is 1. The van der Waals surface area contributed by atoms with Gasteiger partial charge in [-0.1, -0.05) is 20.8 Å². The number of hydrogen-bond donors (Lipinski definition) is 1. The molecule has 2 fully saturated rings. The lowest BCUT2D eigenvalue weighted by Crippen LogP contribution is -2.36. The van der Waals surface area contributed by atoms with Gasteiger partial charge in [0.15, 0.2) is 5.82 Å². The largest absolute Gasteiger partial charge is 0.434 e. The van der Waals surface area contributed by atoms with E-state index in [1.165, 1.54) is 24.2 Å². The highest BCUT2D eigenvalue weighted by atomic mass is 16.7. The number of nitrogens with zero attached hydrogens (tertiary/aromatic N) is 4. The van der Waals surface area contributed by atoms with Crippen molar-refractivity contribution in [2.45, 2.75) is 33.6 Å². The van der Waals surface area contributed by atoms with Crippen LogP contribution < -0.4 is 5.06 Å². The smallest absolute Gasteiger partial charge is 0.346 e. The van der Waals surface area contributed by atoms with Crippen LogP contribution in [0.2, 0.25) is 0 Å². The number of rotatable bonds is 2. The van der Waals surface area contributed by atoms with Crippen molar-refractivity contribution in [1.82, 2.24) is 19.9 Å². The van der Waals surface area contributed by atoms with Gasteiger partial charge in [0, 0.05) is 26.3 Å². The van der Waals surface area contributed by atoms with E-state index in [1.807, 2.05) is 11.0 Å². The number of nitrogens with one attached hydrogen (secondary N) is 1. The highest BCUT2D eigenvalue weighted by molar-refractivity contribution is 5.87. The van der Waals surface area contributed by atoms with E-state index < -0.39 is 0 Å². The Kier molecular flexibility index (Phi) is 4.04. The highest BCUT2D eigenvalue weighted by Crippen LogP contribution is 2.48. The summed E-state index contributed by atoms with van der Waals surface area (Å²) in [4.78, 5) is 31.5. The summed E-state index contributed by atoms with van der Waals surface area (Å²) in [5, 5.41) is 2.26. The highest BCUT2D eigenvalue weighted by Gasteiger charge is 2.46. The minimum Gasteiger partial charge on any atom is -0.346 e. The van der Waals surface area contributed by atoms with Gasteiger partial charge < -0.3 is 14.7 Å². The van der Waals surface area contributed by atoms with Gasteiger partial charge in [0.1, 0.15) is 12.0 Å². The zero-order chi connectivity index (χ0) is 18.5. The summed E-state index contributed by atoms with van der Waals surface area (Å²) in [7, 11) is 1.71. The second-order valence-electron chi connectivity index (χ2n) is 8.75. The van der Waals surface area contributed by atoms with Gasteiger partial charge in [-0.3, -0.25) is 0 Å². The van der Waals surface area contributed by atoms with Crippen molar-refractivity contribution in [1.29, 1.82) is 0 Å². The summed E-state index contributed by atoms with van der Waals surface area (Å²) in [6.45, 7) is 8.57. The predicted molar refractivity (Wildman–Crippen MR) is 99.5 cm³/mol. The van der Waals surface area contributed by atoms with E-state index in [0.717, 1.165) is 30.0 Å². The fraction of sp³-hybridized carbons (Fsp3) is 0.632. The second-order valence-corrected chi connectivity index (χ2v) is 8.75. The molecule has 7 heteroatoms. The maximum Gasteiger partial charge on any atom is 0.434 e. The fourth-order valence-electron chi connectivity index (χ4n) is 4.48. The first-order chi connectivity index (χ1) is 12.3. The first kappa shape index (κ1) is 17.1. The van der Waals surface area contributed by atoms with Crippen molar-refractivity contribution in [3.8, 4) is 0 Å². The van der Waals surface area contributed by atoms with E-state index in [4.69, 9.17) is 4.84 Å². The van der Waals surface area contributed by atoms with Crippen LogP contribution >= 0.6 is 0 Å². The topological polar surface area (TPSA) is 74.3 Å². The first-order valence-electron chi connectivity index (χ1n) is 9.31. The van der Waals surface area contributed by atoms with Crippen LogP contribution in [0.5, 0.6) is 0 Å². The van der Waals surface area contributed by atoms with E-state index in [2.05, 4.69) is 35.7 Å². The summed E-state index contributed by atoms with van der Waals surface area (Å²) >= 11 is 0. The van der Waals surface area contributed by atoms with Gasteiger partial charge in [-0.25, -0.2) is 14.8 Å². The lowest BCUT2D eigenvalue weighted by Gasteiger charge is -2.29. The maximum atomic E-state index is 12.6. The van der Waals surface area contributed by atoms with Crippen molar-refractivity contribution in [2.75, 3.05) is 25.2 Å². The van der Waals surface area contributed by atoms with E-state index in [-0.39, 0.29) is 6.09 Å². The Morgan fingerprint density at radius 3 is 2.62 bits per heavy atom. The molecule has 0 aromatic carbocycles. The van der Waals surface area contributed by atoms with Gasteiger partial charge in [-0.2, -0.15) is 5.06 Å². The summed E-state index contributed by atoms with van der Waals surface area (Å²) in [6, 6.07) is 1.88. The molecule has 26 heavy (non-hydrogen) atoms. The van der Waals surface area contributed by atoms with Crippen molar-refractivity contribution in [2.24, 2.45) is 23.2 Å². The third-order valence-electron chi connectivity index (χ3n) is 6.08. The quantitative estimate of drug-likeness (QED) is 0.833. The minimum atomic E-state index is -0.295. The number of carbonyl (C=O) groups excluding carboxylic acids is 1. The van der Waals surface area contributed by atoms with Crippen LogP contribution in [0, 0.1) is 23.2 Å². The third kappa shape index (κ3) is 2.99. The Morgan fingerprint density at radius 2 is 1.96 bits per heavy atom. The molecular weight excluding hydrogens is 330 g/mol. The van der Waals surface area contributed by atoms with Crippen LogP contribution in [0.4, 0.5) is 10.6 Å². The molecule has 7 nitrogen and oxygen atoms in total. The molecule has 3 heterocycles. The summed E-state index contributed by atoms with van der Waals surface area (Å²) in [5.74, 6) is 2.54. The molecule has 2 aromatic heterocycles. The monoisotopic (exact) mass is 357 g/mol. The van der Waals surface area contributed by atoms with E-state index in [1.54, 1.807) is 13.2 Å². The molecule has 4 rings (SSSR count). The number of hydrogen-bond acceptors (Lipinski definition) is 5. The van der Waals surface area contributed by atoms with Crippen LogP contribution in [0.1, 0.15) is 33.6 Å². The number of anilines is 1. The van der Waals surface area contributed by atoms with Gasteiger partial charge in [0.2, 0.25) is 0 Å².